The lowest BCUT2D eigenvalue weighted by Crippen LogP contribution is -2.16. The van der Waals surface area contributed by atoms with Crippen molar-refractivity contribution in [2.24, 2.45) is 5.92 Å². The molecule has 1 atom stereocenters. The molecular formula is C15H19N3O3. The highest BCUT2D eigenvalue weighted by atomic mass is 16.5. The van der Waals surface area contributed by atoms with E-state index in [1.54, 1.807) is 0 Å². The summed E-state index contributed by atoms with van der Waals surface area (Å²) >= 11 is 0. The SMILES string of the molecule is COC(=O)C1CCc2nnc(-c3cc(C)oc3C)n2CC1. The van der Waals surface area contributed by atoms with Crippen LogP contribution in [0.4, 0.5) is 0 Å². The number of esters is 1. The molecule has 0 amide bonds. The molecule has 1 aliphatic rings. The van der Waals surface area contributed by atoms with Gasteiger partial charge in [-0.05, 0) is 32.8 Å². The van der Waals surface area contributed by atoms with Crippen LogP contribution in [0.15, 0.2) is 10.5 Å². The molecule has 3 heterocycles. The second-order valence-corrected chi connectivity index (χ2v) is 5.47. The predicted octanol–water partition coefficient (Wildman–Crippen LogP) is 2.28. The van der Waals surface area contributed by atoms with Gasteiger partial charge in [-0.2, -0.15) is 0 Å². The van der Waals surface area contributed by atoms with Crippen LogP contribution in [0.3, 0.4) is 0 Å². The van der Waals surface area contributed by atoms with E-state index < -0.39 is 0 Å². The average molecular weight is 289 g/mol. The second kappa shape index (κ2) is 5.35. The molecule has 0 bridgehead atoms. The molecule has 112 valence electrons. The van der Waals surface area contributed by atoms with Crippen LogP contribution in [-0.4, -0.2) is 27.8 Å². The Kier molecular flexibility index (Phi) is 3.53. The number of hydrogen-bond acceptors (Lipinski definition) is 5. The van der Waals surface area contributed by atoms with Gasteiger partial charge in [0.1, 0.15) is 17.3 Å². The maximum Gasteiger partial charge on any atom is 0.308 e. The lowest BCUT2D eigenvalue weighted by atomic mass is 10.0. The number of carbonyl (C=O) groups excluding carboxylic acids is 1. The number of aryl methyl sites for hydroxylation is 3. The van der Waals surface area contributed by atoms with E-state index in [9.17, 15) is 4.79 Å². The number of rotatable bonds is 2. The number of furan rings is 1. The molecule has 0 N–H and O–H groups in total. The zero-order chi connectivity index (χ0) is 15.0. The molecule has 0 aromatic carbocycles. The van der Waals surface area contributed by atoms with E-state index in [0.717, 1.165) is 54.5 Å². The summed E-state index contributed by atoms with van der Waals surface area (Å²) in [5.41, 5.74) is 0.975. The third kappa shape index (κ3) is 2.46. The fourth-order valence-electron chi connectivity index (χ4n) is 2.94. The minimum atomic E-state index is -0.134. The van der Waals surface area contributed by atoms with Crippen molar-refractivity contribution >= 4 is 5.97 Å². The number of hydrogen-bond donors (Lipinski definition) is 0. The number of fused-ring (bicyclic) bond motifs is 1. The molecular weight excluding hydrogens is 270 g/mol. The van der Waals surface area contributed by atoms with Gasteiger partial charge in [0.05, 0.1) is 18.6 Å². The Morgan fingerprint density at radius 1 is 1.38 bits per heavy atom. The molecule has 1 unspecified atom stereocenters. The maximum atomic E-state index is 11.7. The Hall–Kier alpha value is -2.11. The van der Waals surface area contributed by atoms with E-state index in [-0.39, 0.29) is 11.9 Å². The van der Waals surface area contributed by atoms with E-state index >= 15 is 0 Å². The summed E-state index contributed by atoms with van der Waals surface area (Å²) in [6, 6.07) is 1.98. The standard InChI is InChI=1S/C15H19N3O3/c1-9-8-12(10(2)21-9)14-17-16-13-5-4-11(15(19)20-3)6-7-18(13)14/h8,11H,4-7H2,1-3H3. The third-order valence-corrected chi connectivity index (χ3v) is 4.06. The van der Waals surface area contributed by atoms with E-state index in [0.29, 0.717) is 0 Å². The zero-order valence-corrected chi connectivity index (χ0v) is 12.5. The summed E-state index contributed by atoms with van der Waals surface area (Å²) in [7, 11) is 1.44. The molecule has 3 rings (SSSR count). The van der Waals surface area contributed by atoms with Crippen LogP contribution >= 0.6 is 0 Å². The van der Waals surface area contributed by atoms with Crippen LogP contribution in [0.5, 0.6) is 0 Å². The molecule has 2 aromatic rings. The highest BCUT2D eigenvalue weighted by molar-refractivity contribution is 5.72. The number of aromatic nitrogens is 3. The lowest BCUT2D eigenvalue weighted by Gasteiger charge is -2.10. The van der Waals surface area contributed by atoms with Gasteiger partial charge >= 0.3 is 5.97 Å². The minimum absolute atomic E-state index is 0.0586. The molecule has 0 fully saturated rings. The number of carbonyl (C=O) groups is 1. The Morgan fingerprint density at radius 3 is 2.86 bits per heavy atom. The molecule has 0 spiro atoms. The largest absolute Gasteiger partial charge is 0.469 e. The first-order chi connectivity index (χ1) is 10.1. The van der Waals surface area contributed by atoms with Crippen molar-refractivity contribution in [2.45, 2.75) is 39.7 Å². The predicted molar refractivity (Wildman–Crippen MR) is 75.6 cm³/mol. The fraction of sp³-hybridized carbons (Fsp3) is 0.533. The van der Waals surface area contributed by atoms with E-state index in [1.165, 1.54) is 7.11 Å². The molecule has 21 heavy (non-hydrogen) atoms. The Bertz CT molecular complexity index is 672. The highest BCUT2D eigenvalue weighted by Crippen LogP contribution is 2.29. The smallest absolute Gasteiger partial charge is 0.308 e. The van der Waals surface area contributed by atoms with Gasteiger partial charge in [-0.1, -0.05) is 0 Å². The normalized spacial score (nSPS) is 18.1. The third-order valence-electron chi connectivity index (χ3n) is 4.06. The minimum Gasteiger partial charge on any atom is -0.469 e. The molecule has 2 aromatic heterocycles. The Labute approximate surface area is 123 Å². The van der Waals surface area contributed by atoms with E-state index in [1.807, 2.05) is 19.9 Å². The Balaban J connectivity index is 1.91. The summed E-state index contributed by atoms with van der Waals surface area (Å²) in [4.78, 5) is 11.7. The van der Waals surface area contributed by atoms with Crippen molar-refractivity contribution in [1.82, 2.24) is 14.8 Å². The second-order valence-electron chi connectivity index (χ2n) is 5.47. The molecule has 6 nitrogen and oxygen atoms in total. The van der Waals surface area contributed by atoms with Gasteiger partial charge in [-0.25, -0.2) is 0 Å². The maximum absolute atomic E-state index is 11.7. The Morgan fingerprint density at radius 2 is 2.19 bits per heavy atom. The van der Waals surface area contributed by atoms with Crippen molar-refractivity contribution in [3.8, 4) is 11.4 Å². The molecule has 0 aliphatic carbocycles. The molecule has 1 aliphatic heterocycles. The molecule has 0 radical (unpaired) electrons. The molecule has 6 heteroatoms. The van der Waals surface area contributed by atoms with Crippen molar-refractivity contribution in [3.63, 3.8) is 0 Å². The van der Waals surface area contributed by atoms with Crippen molar-refractivity contribution in [3.05, 3.63) is 23.4 Å². The van der Waals surface area contributed by atoms with Crippen LogP contribution in [0.25, 0.3) is 11.4 Å². The van der Waals surface area contributed by atoms with Crippen LogP contribution in [0.1, 0.15) is 30.2 Å². The average Bonchev–Trinajstić information content (AvgIpc) is 2.93. The van der Waals surface area contributed by atoms with Gasteiger partial charge in [-0.15, -0.1) is 10.2 Å². The van der Waals surface area contributed by atoms with Gasteiger partial charge in [-0.3, -0.25) is 4.79 Å². The monoisotopic (exact) mass is 289 g/mol. The van der Waals surface area contributed by atoms with Gasteiger partial charge in [0, 0.05) is 13.0 Å². The number of nitrogens with zero attached hydrogens (tertiary/aromatic N) is 3. The quantitative estimate of drug-likeness (QED) is 0.793. The van der Waals surface area contributed by atoms with E-state index in [2.05, 4.69) is 14.8 Å². The highest BCUT2D eigenvalue weighted by Gasteiger charge is 2.26. The number of ether oxygens (including phenoxy) is 1. The molecule has 0 saturated carbocycles. The summed E-state index contributed by atoms with van der Waals surface area (Å²) in [5, 5.41) is 8.59. The fourth-order valence-corrected chi connectivity index (χ4v) is 2.94. The summed E-state index contributed by atoms with van der Waals surface area (Å²) in [5.74, 6) is 3.26. The van der Waals surface area contributed by atoms with Crippen LogP contribution in [0.2, 0.25) is 0 Å². The summed E-state index contributed by atoms with van der Waals surface area (Å²) in [6.07, 6.45) is 2.25. The molecule has 0 saturated heterocycles. The summed E-state index contributed by atoms with van der Waals surface area (Å²) in [6.45, 7) is 4.57. The lowest BCUT2D eigenvalue weighted by molar-refractivity contribution is -0.145. The van der Waals surface area contributed by atoms with Gasteiger partial charge in [0.2, 0.25) is 0 Å². The first-order valence-electron chi connectivity index (χ1n) is 7.17. The van der Waals surface area contributed by atoms with Gasteiger partial charge in [0.15, 0.2) is 5.82 Å². The topological polar surface area (TPSA) is 70.2 Å². The van der Waals surface area contributed by atoms with E-state index in [4.69, 9.17) is 9.15 Å². The first kappa shape index (κ1) is 13.9. The number of methoxy groups -OCH3 is 1. The summed E-state index contributed by atoms with van der Waals surface area (Å²) < 4.78 is 12.5. The van der Waals surface area contributed by atoms with Crippen molar-refractivity contribution in [2.75, 3.05) is 7.11 Å². The van der Waals surface area contributed by atoms with Crippen molar-refractivity contribution in [1.29, 1.82) is 0 Å². The van der Waals surface area contributed by atoms with Crippen molar-refractivity contribution < 1.29 is 13.9 Å². The van der Waals surface area contributed by atoms with Gasteiger partial charge < -0.3 is 13.7 Å². The van der Waals surface area contributed by atoms with Crippen LogP contribution < -0.4 is 0 Å². The van der Waals surface area contributed by atoms with Crippen LogP contribution in [0, 0.1) is 19.8 Å². The van der Waals surface area contributed by atoms with Crippen LogP contribution in [-0.2, 0) is 22.5 Å². The first-order valence-corrected chi connectivity index (χ1v) is 7.17. The zero-order valence-electron chi connectivity index (χ0n) is 12.5. The van der Waals surface area contributed by atoms with Gasteiger partial charge in [0.25, 0.3) is 0 Å².